The predicted molar refractivity (Wildman–Crippen MR) is 163 cm³/mol. The number of carboxylic acids is 2. The van der Waals surface area contributed by atoms with Crippen LogP contribution in [0.25, 0.3) is 50.4 Å². The zero-order valence-corrected chi connectivity index (χ0v) is 27.8. The van der Waals surface area contributed by atoms with Crippen molar-refractivity contribution in [2.24, 2.45) is 0 Å². The van der Waals surface area contributed by atoms with Crippen LogP contribution in [0.15, 0.2) is 43.5 Å². The van der Waals surface area contributed by atoms with E-state index in [0.717, 1.165) is 72.5 Å². The van der Waals surface area contributed by atoms with Crippen molar-refractivity contribution in [3.63, 3.8) is 0 Å². The molecule has 0 atom stereocenters. The van der Waals surface area contributed by atoms with E-state index in [-0.39, 0.29) is 70.4 Å². The van der Waals surface area contributed by atoms with Crippen LogP contribution in [0.3, 0.4) is 0 Å². The third-order valence-electron chi connectivity index (χ3n) is 8.20. The number of carbonyl (C=O) groups excluding carboxylic acids is 2. The molecule has 0 aromatic carbocycles. The van der Waals surface area contributed by atoms with E-state index >= 15 is 0 Å². The summed E-state index contributed by atoms with van der Waals surface area (Å²) in [4.78, 5) is 39.7. The molecule has 8 nitrogen and oxygen atoms in total. The quantitative estimate of drug-likeness (QED) is 0.315. The third kappa shape index (κ3) is 6.61. The summed E-state index contributed by atoms with van der Waals surface area (Å²) < 4.78 is 0. The molecule has 0 saturated carbocycles. The fourth-order valence-corrected chi connectivity index (χ4v) is 5.76. The van der Waals surface area contributed by atoms with Gasteiger partial charge in [0.1, 0.15) is 0 Å². The Morgan fingerprint density at radius 1 is 0.705 bits per heavy atom. The van der Waals surface area contributed by atoms with Crippen LogP contribution >= 0.6 is 0 Å². The largest absolute Gasteiger partial charge is 1.00 e. The Hall–Kier alpha value is -3.50. The molecule has 44 heavy (non-hydrogen) atoms. The number of hydrogen-bond acceptors (Lipinski definition) is 6. The smallest absolute Gasteiger partial charge is 0.550 e. The molecule has 2 N–H and O–H groups in total. The number of nitrogens with one attached hydrogen (secondary N) is 2. The van der Waals surface area contributed by atoms with Crippen molar-refractivity contribution in [3.05, 3.63) is 88.5 Å². The number of aromatic amines is 2. The normalized spacial score (nSPS) is 12.5. The maximum absolute atomic E-state index is 11.4. The van der Waals surface area contributed by atoms with Crippen LogP contribution in [0.2, 0.25) is 0 Å². The van der Waals surface area contributed by atoms with Gasteiger partial charge in [-0.2, -0.15) is 0 Å². The van der Waals surface area contributed by atoms with Crippen molar-refractivity contribution in [2.45, 2.75) is 53.4 Å². The van der Waals surface area contributed by atoms with E-state index < -0.39 is 11.9 Å². The van der Waals surface area contributed by atoms with Gasteiger partial charge in [0.15, 0.2) is 0 Å². The molecule has 0 aliphatic carbocycles. The first-order valence-corrected chi connectivity index (χ1v) is 13.8. The van der Waals surface area contributed by atoms with Crippen LogP contribution in [0.1, 0.15) is 78.1 Å². The Morgan fingerprint density at radius 2 is 1.23 bits per heavy atom. The van der Waals surface area contributed by atoms with E-state index in [2.05, 4.69) is 23.1 Å². The molecule has 5 heterocycles. The molecule has 10 heteroatoms. The first-order valence-electron chi connectivity index (χ1n) is 13.8. The van der Waals surface area contributed by atoms with Gasteiger partial charge in [-0.25, -0.2) is 9.97 Å². The van der Waals surface area contributed by atoms with Gasteiger partial charge in [-0.3, -0.25) is 0 Å². The maximum Gasteiger partial charge on any atom is 1.00 e. The number of aryl methyl sites for hydroxylation is 3. The molecular formula is C34H32Ag2N4O4. The number of rotatable bonds is 8. The second-order valence-corrected chi connectivity index (χ2v) is 10.7. The monoisotopic (exact) mass is 774 g/mol. The zero-order valence-electron chi connectivity index (χ0n) is 24.8. The van der Waals surface area contributed by atoms with Gasteiger partial charge in [-0.05, 0) is 111 Å². The molecule has 8 bridgehead atoms. The van der Waals surface area contributed by atoms with Crippen LogP contribution in [0.5, 0.6) is 0 Å². The van der Waals surface area contributed by atoms with Crippen molar-refractivity contribution in [3.8, 4) is 0 Å². The number of nitrogens with zero attached hydrogens (tertiary/aromatic N) is 2. The topological polar surface area (TPSA) is 138 Å². The average Bonchev–Trinajstić information content (AvgIpc) is 3.59. The molecule has 0 unspecified atom stereocenters. The van der Waals surface area contributed by atoms with Crippen LogP contribution in [0, 0.1) is 13.8 Å². The summed E-state index contributed by atoms with van der Waals surface area (Å²) in [6, 6.07) is 7.78. The molecule has 0 spiro atoms. The third-order valence-corrected chi connectivity index (χ3v) is 8.20. The number of hydrogen-bond donors (Lipinski definition) is 2. The van der Waals surface area contributed by atoms with E-state index in [9.17, 15) is 19.8 Å². The van der Waals surface area contributed by atoms with Crippen molar-refractivity contribution >= 4 is 62.4 Å². The van der Waals surface area contributed by atoms with E-state index in [0.29, 0.717) is 16.9 Å². The fraction of sp³-hybridized carbons (Fsp3) is 0.235. The van der Waals surface area contributed by atoms with Crippen molar-refractivity contribution < 1.29 is 64.6 Å². The number of fused-ring (bicyclic) bond motifs is 8. The van der Waals surface area contributed by atoms with Gasteiger partial charge in [0.25, 0.3) is 0 Å². The predicted octanol–water partition coefficient (Wildman–Crippen LogP) is 4.83. The number of carboxylic acid groups (broad SMARTS) is 2. The number of allylic oxidation sites excluding steroid dienone is 5. The van der Waals surface area contributed by atoms with Crippen LogP contribution < -0.4 is 10.2 Å². The standard InChI is InChI=1S/C34H34N4O4.2Ag/c1-7-21-17(3)25-13-26-19(5)23(9-11-33(39)40)31(37-26)16-32-24(10-12-34(41)42)20(6)28(38-32)15-30-22(8-2)18(4)27(36-30)14-29(21)35-25;;/h7-8,13-16,35,38H,1-2,9-12H2,3-6H3,(H,39,40)(H,41,42);;/q;2*+1/p-2. The van der Waals surface area contributed by atoms with Gasteiger partial charge in [0.2, 0.25) is 0 Å². The molecule has 3 aromatic rings. The minimum Gasteiger partial charge on any atom is -0.550 e. The summed E-state index contributed by atoms with van der Waals surface area (Å²) in [5.41, 5.74) is 13.3. The summed E-state index contributed by atoms with van der Waals surface area (Å²) in [7, 11) is 0. The molecule has 0 saturated heterocycles. The number of aliphatic carboxylic acids is 2. The average molecular weight is 776 g/mol. The number of aromatic nitrogens is 4. The Balaban J connectivity index is 0.00000264. The maximum atomic E-state index is 11.4. The molecule has 0 amide bonds. The molecule has 5 rings (SSSR count). The van der Waals surface area contributed by atoms with Crippen LogP contribution in [-0.4, -0.2) is 31.9 Å². The van der Waals surface area contributed by atoms with Crippen LogP contribution in [-0.2, 0) is 60.8 Å². The van der Waals surface area contributed by atoms with E-state index in [1.54, 1.807) is 6.08 Å². The van der Waals surface area contributed by atoms with E-state index in [4.69, 9.17) is 9.97 Å². The number of carbonyl (C=O) groups is 2. The minimum absolute atomic E-state index is 0. The summed E-state index contributed by atoms with van der Waals surface area (Å²) in [6.07, 6.45) is 3.81. The second-order valence-electron chi connectivity index (χ2n) is 10.7. The summed E-state index contributed by atoms with van der Waals surface area (Å²) in [6.45, 7) is 15.9. The molecule has 2 aliphatic heterocycles. The summed E-state index contributed by atoms with van der Waals surface area (Å²) in [5, 5.41) is 22.8. The molecule has 234 valence electrons. The van der Waals surface area contributed by atoms with E-state index in [1.807, 2.05) is 58.0 Å². The van der Waals surface area contributed by atoms with Gasteiger partial charge >= 0.3 is 44.8 Å². The van der Waals surface area contributed by atoms with Gasteiger partial charge < -0.3 is 29.8 Å². The van der Waals surface area contributed by atoms with Crippen LogP contribution in [0.4, 0.5) is 0 Å². The molecule has 2 aliphatic rings. The van der Waals surface area contributed by atoms with Crippen molar-refractivity contribution in [1.29, 1.82) is 0 Å². The Kier molecular flexibility index (Phi) is 11.2. The van der Waals surface area contributed by atoms with Gasteiger partial charge in [0, 0.05) is 45.1 Å². The fourth-order valence-electron chi connectivity index (χ4n) is 5.76. The summed E-state index contributed by atoms with van der Waals surface area (Å²) >= 11 is 0. The summed E-state index contributed by atoms with van der Waals surface area (Å²) in [5.74, 6) is -2.28. The Morgan fingerprint density at radius 3 is 1.86 bits per heavy atom. The Bertz CT molecular complexity index is 1930. The van der Waals surface area contributed by atoms with E-state index in [1.165, 1.54) is 0 Å². The van der Waals surface area contributed by atoms with Gasteiger partial charge in [-0.15, -0.1) is 0 Å². The van der Waals surface area contributed by atoms with Crippen molar-refractivity contribution in [1.82, 2.24) is 19.9 Å². The Labute approximate surface area is 287 Å². The first-order chi connectivity index (χ1) is 20.0. The number of H-pyrrole nitrogens is 2. The van der Waals surface area contributed by atoms with Gasteiger partial charge in [0.05, 0.1) is 22.8 Å². The molecule has 0 radical (unpaired) electrons. The zero-order chi connectivity index (χ0) is 30.3. The second kappa shape index (κ2) is 14.1. The minimum atomic E-state index is -1.14. The molecule has 3 aromatic heterocycles. The van der Waals surface area contributed by atoms with Crippen molar-refractivity contribution in [2.75, 3.05) is 0 Å². The first kappa shape index (κ1) is 35.0. The molecular weight excluding hydrogens is 744 g/mol. The SMILES string of the molecule is C=CC1=C(C)c2cc3[nH]c(cc4nc(cc5[nH]c(cc1n2)c(C)c5CCC(=O)[O-])C(CCC(=O)[O-])=C4C)c(C)c3C=C.[Ag+].[Ag+]. The molecule has 0 fully saturated rings. The van der Waals surface area contributed by atoms with Gasteiger partial charge in [-0.1, -0.05) is 25.3 Å².